The third kappa shape index (κ3) is 3.43. The number of hydrogen-bond acceptors (Lipinski definition) is 4. The molecule has 0 saturated carbocycles. The minimum atomic E-state index is -0.497. The second kappa shape index (κ2) is 5.04. The number of rotatable bonds is 2. The Hall–Kier alpha value is -1.10. The Morgan fingerprint density at radius 1 is 1.41 bits per heavy atom. The molecule has 2 heterocycles. The van der Waals surface area contributed by atoms with Crippen LogP contribution >= 0.6 is 11.6 Å². The molecule has 0 bridgehead atoms. The minimum absolute atomic E-state index is 0.447. The summed E-state index contributed by atoms with van der Waals surface area (Å²) < 4.78 is 11.0. The summed E-state index contributed by atoms with van der Waals surface area (Å²) in [6, 6.07) is 3.69. The Balaban J connectivity index is 1.96. The van der Waals surface area contributed by atoms with E-state index in [-0.39, 0.29) is 0 Å². The lowest BCUT2D eigenvalue weighted by Crippen LogP contribution is -2.35. The van der Waals surface area contributed by atoms with Gasteiger partial charge in [-0.1, -0.05) is 11.6 Å². The molecular formula is C12H15ClN2O2. The van der Waals surface area contributed by atoms with E-state index in [1.807, 2.05) is 32.2 Å². The second-order valence-corrected chi connectivity index (χ2v) is 4.62. The summed E-state index contributed by atoms with van der Waals surface area (Å²) in [4.78, 5) is 3.98. The van der Waals surface area contributed by atoms with Crippen LogP contribution in [0.25, 0.3) is 0 Å². The largest absolute Gasteiger partial charge is 0.359 e. The van der Waals surface area contributed by atoms with Crippen LogP contribution in [-0.4, -0.2) is 24.0 Å². The molecule has 0 amide bonds. The van der Waals surface area contributed by atoms with Gasteiger partial charge in [-0.2, -0.15) is 0 Å². The molecule has 0 radical (unpaired) electrons. The molecule has 1 aliphatic heterocycles. The Bertz CT molecular complexity index is 420. The number of anilines is 1. The van der Waals surface area contributed by atoms with E-state index < -0.39 is 5.79 Å². The highest BCUT2D eigenvalue weighted by Gasteiger charge is 2.24. The summed E-state index contributed by atoms with van der Waals surface area (Å²) in [5, 5.41) is 3.54. The molecule has 0 unspecified atom stereocenters. The fourth-order valence-electron chi connectivity index (χ4n) is 1.37. The number of ether oxygens (including phenoxy) is 2. The van der Waals surface area contributed by atoms with E-state index in [1.165, 1.54) is 0 Å². The van der Waals surface area contributed by atoms with Crippen molar-refractivity contribution in [3.8, 4) is 0 Å². The van der Waals surface area contributed by atoms with E-state index in [0.29, 0.717) is 18.4 Å². The third-order valence-corrected chi connectivity index (χ3v) is 2.70. The Morgan fingerprint density at radius 2 is 2.12 bits per heavy atom. The normalized spacial score (nSPS) is 18.9. The second-order valence-electron chi connectivity index (χ2n) is 4.27. The SMILES string of the molecule is CC1(C)OCC(=CNc2cccnc2Cl)CO1. The molecule has 0 aromatic carbocycles. The lowest BCUT2D eigenvalue weighted by atomic mass is 10.2. The highest BCUT2D eigenvalue weighted by Crippen LogP contribution is 2.21. The Morgan fingerprint density at radius 3 is 2.76 bits per heavy atom. The van der Waals surface area contributed by atoms with Crippen molar-refractivity contribution in [1.29, 1.82) is 0 Å². The van der Waals surface area contributed by atoms with Gasteiger partial charge in [-0.05, 0) is 31.6 Å². The average molecular weight is 255 g/mol. The standard InChI is InChI=1S/C12H15ClN2O2/c1-12(2)16-7-9(8-17-12)6-15-10-4-3-5-14-11(10)13/h3-6,15H,7-8H2,1-2H3. The maximum absolute atomic E-state index is 5.92. The minimum Gasteiger partial charge on any atom is -0.359 e. The fourth-order valence-corrected chi connectivity index (χ4v) is 1.55. The average Bonchev–Trinajstić information content (AvgIpc) is 2.30. The van der Waals surface area contributed by atoms with Crippen LogP contribution in [0.5, 0.6) is 0 Å². The molecule has 2 rings (SSSR count). The molecule has 1 aliphatic rings. The van der Waals surface area contributed by atoms with Crippen LogP contribution in [-0.2, 0) is 9.47 Å². The van der Waals surface area contributed by atoms with Crippen LogP contribution in [0.4, 0.5) is 5.69 Å². The zero-order valence-corrected chi connectivity index (χ0v) is 10.6. The van der Waals surface area contributed by atoms with Crippen molar-refractivity contribution in [3.63, 3.8) is 0 Å². The van der Waals surface area contributed by atoms with Gasteiger partial charge in [-0.25, -0.2) is 4.98 Å². The smallest absolute Gasteiger partial charge is 0.163 e. The lowest BCUT2D eigenvalue weighted by Gasteiger charge is -2.31. The molecule has 0 spiro atoms. The first-order valence-electron chi connectivity index (χ1n) is 5.40. The first kappa shape index (κ1) is 12.4. The number of hydrogen-bond donors (Lipinski definition) is 1. The van der Waals surface area contributed by atoms with Gasteiger partial charge in [0.2, 0.25) is 0 Å². The predicted octanol–water partition coefficient (Wildman–Crippen LogP) is 2.81. The van der Waals surface area contributed by atoms with Gasteiger partial charge in [-0.3, -0.25) is 0 Å². The van der Waals surface area contributed by atoms with Gasteiger partial charge in [0.25, 0.3) is 0 Å². The predicted molar refractivity (Wildman–Crippen MR) is 66.9 cm³/mol. The zero-order valence-electron chi connectivity index (χ0n) is 9.87. The van der Waals surface area contributed by atoms with E-state index in [4.69, 9.17) is 21.1 Å². The molecule has 1 fully saturated rings. The van der Waals surface area contributed by atoms with E-state index in [0.717, 1.165) is 11.3 Å². The van der Waals surface area contributed by atoms with Gasteiger partial charge in [0, 0.05) is 12.4 Å². The van der Waals surface area contributed by atoms with Crippen LogP contribution in [0.15, 0.2) is 30.1 Å². The number of nitrogens with one attached hydrogen (secondary N) is 1. The number of pyridine rings is 1. The Labute approximate surface area is 106 Å². The van der Waals surface area contributed by atoms with Crippen LogP contribution < -0.4 is 5.32 Å². The summed E-state index contributed by atoms with van der Waals surface area (Å²) in [5.74, 6) is -0.497. The van der Waals surface area contributed by atoms with Gasteiger partial charge in [0.15, 0.2) is 10.9 Å². The highest BCUT2D eigenvalue weighted by atomic mass is 35.5. The van der Waals surface area contributed by atoms with Crippen molar-refractivity contribution in [2.24, 2.45) is 0 Å². The van der Waals surface area contributed by atoms with Gasteiger partial charge in [0.05, 0.1) is 18.9 Å². The maximum atomic E-state index is 5.92. The van der Waals surface area contributed by atoms with Gasteiger partial charge in [-0.15, -0.1) is 0 Å². The lowest BCUT2D eigenvalue weighted by molar-refractivity contribution is -0.225. The van der Waals surface area contributed by atoms with E-state index in [9.17, 15) is 0 Å². The molecule has 0 atom stereocenters. The van der Waals surface area contributed by atoms with Crippen LogP contribution in [0.3, 0.4) is 0 Å². The summed E-state index contributed by atoms with van der Waals surface area (Å²) in [5.41, 5.74) is 1.80. The molecule has 1 saturated heterocycles. The molecule has 17 heavy (non-hydrogen) atoms. The number of nitrogens with zero attached hydrogens (tertiary/aromatic N) is 1. The van der Waals surface area contributed by atoms with Crippen LogP contribution in [0.2, 0.25) is 5.15 Å². The number of aromatic nitrogens is 1. The molecule has 92 valence electrons. The van der Waals surface area contributed by atoms with Crippen molar-refractivity contribution in [1.82, 2.24) is 4.98 Å². The van der Waals surface area contributed by atoms with Crippen LogP contribution in [0, 0.1) is 0 Å². The first-order valence-corrected chi connectivity index (χ1v) is 5.77. The Kier molecular flexibility index (Phi) is 3.66. The van der Waals surface area contributed by atoms with Crippen molar-refractivity contribution < 1.29 is 9.47 Å². The molecule has 5 heteroatoms. The molecule has 1 aromatic heterocycles. The van der Waals surface area contributed by atoms with Crippen LogP contribution in [0.1, 0.15) is 13.8 Å². The van der Waals surface area contributed by atoms with E-state index in [1.54, 1.807) is 6.20 Å². The summed E-state index contributed by atoms with van der Waals surface area (Å²) in [6.45, 7) is 4.90. The monoisotopic (exact) mass is 254 g/mol. The van der Waals surface area contributed by atoms with E-state index in [2.05, 4.69) is 10.3 Å². The fraction of sp³-hybridized carbons (Fsp3) is 0.417. The van der Waals surface area contributed by atoms with Gasteiger partial charge < -0.3 is 14.8 Å². The molecule has 4 nitrogen and oxygen atoms in total. The van der Waals surface area contributed by atoms with Crippen molar-refractivity contribution in [2.45, 2.75) is 19.6 Å². The summed E-state index contributed by atoms with van der Waals surface area (Å²) in [7, 11) is 0. The van der Waals surface area contributed by atoms with E-state index >= 15 is 0 Å². The highest BCUT2D eigenvalue weighted by molar-refractivity contribution is 6.31. The van der Waals surface area contributed by atoms with Crippen molar-refractivity contribution >= 4 is 17.3 Å². The molecular weight excluding hydrogens is 240 g/mol. The zero-order chi connectivity index (χ0) is 12.3. The topological polar surface area (TPSA) is 43.4 Å². The molecule has 1 N–H and O–H groups in total. The molecule has 0 aliphatic carbocycles. The maximum Gasteiger partial charge on any atom is 0.163 e. The third-order valence-electron chi connectivity index (χ3n) is 2.40. The van der Waals surface area contributed by atoms with Gasteiger partial charge in [0.1, 0.15) is 0 Å². The first-order chi connectivity index (χ1) is 8.07. The van der Waals surface area contributed by atoms with Crippen molar-refractivity contribution in [3.05, 3.63) is 35.3 Å². The molecule has 1 aromatic rings. The van der Waals surface area contributed by atoms with Gasteiger partial charge >= 0.3 is 0 Å². The van der Waals surface area contributed by atoms with Crippen molar-refractivity contribution in [2.75, 3.05) is 18.5 Å². The quantitative estimate of drug-likeness (QED) is 0.825. The number of halogens is 1. The summed E-state index contributed by atoms with van der Waals surface area (Å²) >= 11 is 5.92. The summed E-state index contributed by atoms with van der Waals surface area (Å²) in [6.07, 6.45) is 3.49.